The molecule has 1 aromatic heterocycles. The van der Waals surface area contributed by atoms with Gasteiger partial charge in [0.2, 0.25) is 11.9 Å². The summed E-state index contributed by atoms with van der Waals surface area (Å²) >= 11 is 0. The Bertz CT molecular complexity index is 912. The van der Waals surface area contributed by atoms with Gasteiger partial charge < -0.3 is 15.4 Å². The van der Waals surface area contributed by atoms with Crippen LogP contribution in [0.15, 0.2) is 35.1 Å². The third-order valence-electron chi connectivity index (χ3n) is 5.32. The Morgan fingerprint density at radius 3 is 3.07 bits per heavy atom. The molecule has 1 amide bonds. The molecule has 2 atom stereocenters. The standard InChI is InChI=1S/C19H23N5O3/c1-23(9-12-8-17(25)22-19(20)21-12)13-6-7-24(10-13)18(26)15-11-27-16-5-3-2-4-14(15)16/h2-5,8,13,15H,6-7,9-11H2,1H3,(H3,20,21,22,25)/t13-,15-/m1/s1. The lowest BCUT2D eigenvalue weighted by molar-refractivity contribution is -0.132. The number of carbonyl (C=O) groups excluding carboxylic acids is 1. The summed E-state index contributed by atoms with van der Waals surface area (Å²) in [4.78, 5) is 35.2. The predicted molar refractivity (Wildman–Crippen MR) is 100 cm³/mol. The number of anilines is 1. The molecule has 0 aliphatic carbocycles. The van der Waals surface area contributed by atoms with Crippen LogP contribution in [0.4, 0.5) is 5.95 Å². The number of para-hydroxylation sites is 1. The van der Waals surface area contributed by atoms with E-state index in [1.54, 1.807) is 0 Å². The van der Waals surface area contributed by atoms with Crippen molar-refractivity contribution in [1.29, 1.82) is 0 Å². The van der Waals surface area contributed by atoms with E-state index in [9.17, 15) is 9.59 Å². The lowest BCUT2D eigenvalue weighted by atomic mass is 10.00. The number of nitrogen functional groups attached to an aromatic ring is 1. The number of nitrogens with zero attached hydrogens (tertiary/aromatic N) is 3. The number of nitrogens with two attached hydrogens (primary N) is 1. The highest BCUT2D eigenvalue weighted by Crippen LogP contribution is 2.35. The second-order valence-electron chi connectivity index (χ2n) is 7.17. The monoisotopic (exact) mass is 369 g/mol. The summed E-state index contributed by atoms with van der Waals surface area (Å²) in [7, 11) is 1.98. The summed E-state index contributed by atoms with van der Waals surface area (Å²) in [6, 6.07) is 9.40. The van der Waals surface area contributed by atoms with Crippen molar-refractivity contribution in [1.82, 2.24) is 19.8 Å². The van der Waals surface area contributed by atoms with Gasteiger partial charge in [-0.25, -0.2) is 4.98 Å². The zero-order chi connectivity index (χ0) is 19.0. The zero-order valence-electron chi connectivity index (χ0n) is 15.2. The Morgan fingerprint density at radius 1 is 1.44 bits per heavy atom. The van der Waals surface area contributed by atoms with E-state index in [4.69, 9.17) is 10.5 Å². The Balaban J connectivity index is 1.40. The molecule has 1 saturated heterocycles. The SMILES string of the molecule is CN(Cc1cc(=O)[nH]c(N)n1)[C@@H]1CCN(C(=O)[C@@H]2COc3ccccc32)C1. The van der Waals surface area contributed by atoms with Crippen molar-refractivity contribution < 1.29 is 9.53 Å². The molecule has 1 fully saturated rings. The molecule has 0 radical (unpaired) electrons. The number of hydrogen-bond donors (Lipinski definition) is 2. The maximum atomic E-state index is 13.0. The highest BCUT2D eigenvalue weighted by atomic mass is 16.5. The van der Waals surface area contributed by atoms with E-state index in [0.29, 0.717) is 25.4 Å². The summed E-state index contributed by atoms with van der Waals surface area (Å²) in [6.07, 6.45) is 0.885. The second kappa shape index (κ2) is 7.03. The number of fused-ring (bicyclic) bond motifs is 1. The number of carbonyl (C=O) groups is 1. The van der Waals surface area contributed by atoms with Crippen LogP contribution in [0.3, 0.4) is 0 Å². The van der Waals surface area contributed by atoms with E-state index in [2.05, 4.69) is 14.9 Å². The van der Waals surface area contributed by atoms with Gasteiger partial charge in [-0.15, -0.1) is 0 Å². The average molecular weight is 369 g/mol. The quantitative estimate of drug-likeness (QED) is 0.816. The summed E-state index contributed by atoms with van der Waals surface area (Å²) in [6.45, 7) is 2.30. The average Bonchev–Trinajstić information content (AvgIpc) is 3.28. The zero-order valence-corrected chi connectivity index (χ0v) is 15.2. The molecular weight excluding hydrogens is 346 g/mol. The number of amides is 1. The van der Waals surface area contributed by atoms with Crippen LogP contribution in [0.25, 0.3) is 0 Å². The topological polar surface area (TPSA) is 105 Å². The van der Waals surface area contributed by atoms with Crippen LogP contribution in [0.5, 0.6) is 5.75 Å². The number of likely N-dealkylation sites (tertiary alicyclic amines) is 1. The van der Waals surface area contributed by atoms with Crippen molar-refractivity contribution in [3.8, 4) is 5.75 Å². The van der Waals surface area contributed by atoms with Crippen molar-refractivity contribution in [3.05, 3.63) is 51.9 Å². The van der Waals surface area contributed by atoms with Gasteiger partial charge in [0.15, 0.2) is 0 Å². The number of ether oxygens (including phenoxy) is 1. The van der Waals surface area contributed by atoms with Crippen molar-refractivity contribution in [2.75, 3.05) is 32.5 Å². The summed E-state index contributed by atoms with van der Waals surface area (Å²) < 4.78 is 5.66. The van der Waals surface area contributed by atoms with Crippen molar-refractivity contribution in [2.24, 2.45) is 0 Å². The van der Waals surface area contributed by atoms with Crippen molar-refractivity contribution in [2.45, 2.75) is 24.9 Å². The van der Waals surface area contributed by atoms with Crippen LogP contribution in [-0.4, -0.2) is 58.5 Å². The van der Waals surface area contributed by atoms with Crippen LogP contribution in [0.2, 0.25) is 0 Å². The number of rotatable bonds is 4. The summed E-state index contributed by atoms with van der Waals surface area (Å²) in [5, 5.41) is 0. The molecule has 0 spiro atoms. The highest BCUT2D eigenvalue weighted by molar-refractivity contribution is 5.85. The third-order valence-corrected chi connectivity index (χ3v) is 5.32. The number of likely N-dealkylation sites (N-methyl/N-ethyl adjacent to an activating group) is 1. The minimum absolute atomic E-state index is 0.119. The largest absolute Gasteiger partial charge is 0.492 e. The number of aromatic nitrogens is 2. The molecule has 0 saturated carbocycles. The molecule has 2 aliphatic rings. The first kappa shape index (κ1) is 17.5. The van der Waals surface area contributed by atoms with Gasteiger partial charge in [0, 0.05) is 37.3 Å². The number of H-pyrrole nitrogens is 1. The second-order valence-corrected chi connectivity index (χ2v) is 7.17. The number of nitrogens with one attached hydrogen (secondary N) is 1. The first-order chi connectivity index (χ1) is 13.0. The fraction of sp³-hybridized carbons (Fsp3) is 0.421. The molecule has 27 heavy (non-hydrogen) atoms. The lowest BCUT2D eigenvalue weighted by Gasteiger charge is -2.25. The van der Waals surface area contributed by atoms with Crippen molar-refractivity contribution >= 4 is 11.9 Å². The molecule has 2 aliphatic heterocycles. The van der Waals surface area contributed by atoms with Gasteiger partial charge in [0.1, 0.15) is 18.3 Å². The smallest absolute Gasteiger partial charge is 0.252 e. The Hall–Kier alpha value is -2.87. The first-order valence-electron chi connectivity index (χ1n) is 9.07. The van der Waals surface area contributed by atoms with Crippen molar-refractivity contribution in [3.63, 3.8) is 0 Å². The van der Waals surface area contributed by atoms with E-state index in [-0.39, 0.29) is 29.4 Å². The van der Waals surface area contributed by atoms with Crippen LogP contribution in [0, 0.1) is 0 Å². The first-order valence-corrected chi connectivity index (χ1v) is 9.07. The molecule has 2 aromatic rings. The van der Waals surface area contributed by atoms with E-state index in [1.807, 2.05) is 36.2 Å². The van der Waals surface area contributed by atoms with Crippen LogP contribution < -0.4 is 16.0 Å². The molecule has 1 aromatic carbocycles. The van der Waals surface area contributed by atoms with Gasteiger partial charge in [-0.1, -0.05) is 18.2 Å². The minimum Gasteiger partial charge on any atom is -0.492 e. The van der Waals surface area contributed by atoms with Gasteiger partial charge in [-0.05, 0) is 19.5 Å². The number of benzene rings is 1. The maximum absolute atomic E-state index is 13.0. The molecule has 0 bridgehead atoms. The van der Waals surface area contributed by atoms with Gasteiger partial charge in [0.05, 0.1) is 5.69 Å². The summed E-state index contributed by atoms with van der Waals surface area (Å²) in [5.74, 6) is 0.824. The lowest BCUT2D eigenvalue weighted by Crippen LogP contribution is -2.38. The molecular formula is C19H23N5O3. The van der Waals surface area contributed by atoms with E-state index in [0.717, 1.165) is 24.3 Å². The molecule has 0 unspecified atom stereocenters. The van der Waals surface area contributed by atoms with Gasteiger partial charge in [-0.3, -0.25) is 19.5 Å². The van der Waals surface area contributed by atoms with E-state index in [1.165, 1.54) is 6.07 Å². The van der Waals surface area contributed by atoms with Crippen LogP contribution in [-0.2, 0) is 11.3 Å². The third kappa shape index (κ3) is 3.52. The fourth-order valence-corrected chi connectivity index (χ4v) is 3.88. The van der Waals surface area contributed by atoms with Crippen LogP contribution >= 0.6 is 0 Å². The van der Waals surface area contributed by atoms with Gasteiger partial charge in [-0.2, -0.15) is 0 Å². The minimum atomic E-state index is -0.256. The molecule has 8 nitrogen and oxygen atoms in total. The molecule has 3 N–H and O–H groups in total. The van der Waals surface area contributed by atoms with E-state index >= 15 is 0 Å². The van der Waals surface area contributed by atoms with Crippen LogP contribution in [0.1, 0.15) is 23.6 Å². The Labute approximate surface area is 156 Å². The molecule has 3 heterocycles. The molecule has 8 heteroatoms. The van der Waals surface area contributed by atoms with Gasteiger partial charge >= 0.3 is 0 Å². The number of hydrogen-bond acceptors (Lipinski definition) is 6. The predicted octanol–water partition coefficient (Wildman–Crippen LogP) is 0.561. The Morgan fingerprint density at radius 2 is 2.26 bits per heavy atom. The number of aromatic amines is 1. The fourth-order valence-electron chi connectivity index (χ4n) is 3.88. The summed E-state index contributed by atoms with van der Waals surface area (Å²) in [5.41, 5.74) is 6.95. The molecule has 142 valence electrons. The maximum Gasteiger partial charge on any atom is 0.252 e. The van der Waals surface area contributed by atoms with Gasteiger partial charge in [0.25, 0.3) is 5.56 Å². The Kier molecular flexibility index (Phi) is 4.57. The van der Waals surface area contributed by atoms with E-state index < -0.39 is 0 Å². The normalized spacial score (nSPS) is 21.3. The highest BCUT2D eigenvalue weighted by Gasteiger charge is 2.37. The molecule has 4 rings (SSSR count).